The van der Waals surface area contributed by atoms with E-state index in [9.17, 15) is 17.6 Å². The van der Waals surface area contributed by atoms with Gasteiger partial charge in [-0.15, -0.1) is 0 Å². The van der Waals surface area contributed by atoms with Gasteiger partial charge in [-0.3, -0.25) is 0 Å². The highest BCUT2D eigenvalue weighted by Gasteiger charge is 2.11. The van der Waals surface area contributed by atoms with Gasteiger partial charge in [0.05, 0.1) is 12.2 Å². The van der Waals surface area contributed by atoms with Gasteiger partial charge >= 0.3 is 0 Å². The van der Waals surface area contributed by atoms with E-state index < -0.39 is 17.5 Å². The highest BCUT2D eigenvalue weighted by Crippen LogP contribution is 2.21. The lowest BCUT2D eigenvalue weighted by Crippen LogP contribution is -2.01. The molecule has 0 saturated carbocycles. The average molecular weight is 491 g/mol. The standard InChI is InChI=1S/C31H26F4O/c1-2-3-4-15-36-27-13-11-23(29(33)20-27)8-6-22-17-30(34)28(31(35)18-22)14-7-21-5-9-25-19-26(32)12-10-24(25)16-21/h5,9-13,16-20H,2-4,6,8,15H2,1H3. The summed E-state index contributed by atoms with van der Waals surface area (Å²) in [6.45, 7) is 2.64. The molecule has 184 valence electrons. The summed E-state index contributed by atoms with van der Waals surface area (Å²) < 4.78 is 62.7. The van der Waals surface area contributed by atoms with Crippen LogP contribution in [0.15, 0.2) is 66.7 Å². The van der Waals surface area contributed by atoms with Gasteiger partial charge in [0.2, 0.25) is 0 Å². The van der Waals surface area contributed by atoms with E-state index in [1.54, 1.807) is 36.4 Å². The van der Waals surface area contributed by atoms with Gasteiger partial charge in [-0.05, 0) is 83.6 Å². The van der Waals surface area contributed by atoms with Crippen molar-refractivity contribution in [2.75, 3.05) is 6.61 Å². The summed E-state index contributed by atoms with van der Waals surface area (Å²) in [5.41, 5.74) is 1.11. The molecule has 0 atom stereocenters. The first kappa shape index (κ1) is 25.3. The van der Waals surface area contributed by atoms with E-state index in [1.165, 1.54) is 30.3 Å². The Morgan fingerprint density at radius 2 is 1.44 bits per heavy atom. The Kier molecular flexibility index (Phi) is 8.28. The molecule has 0 aromatic heterocycles. The molecule has 0 aliphatic carbocycles. The zero-order valence-electron chi connectivity index (χ0n) is 20.0. The van der Waals surface area contributed by atoms with Gasteiger partial charge in [0, 0.05) is 11.6 Å². The molecule has 0 fully saturated rings. The highest BCUT2D eigenvalue weighted by molar-refractivity contribution is 5.84. The predicted octanol–water partition coefficient (Wildman–Crippen LogP) is 8.15. The Labute approximate surface area is 208 Å². The second-order valence-electron chi connectivity index (χ2n) is 8.70. The second-order valence-corrected chi connectivity index (χ2v) is 8.70. The van der Waals surface area contributed by atoms with Crippen LogP contribution in [0.5, 0.6) is 5.75 Å². The fourth-order valence-corrected chi connectivity index (χ4v) is 3.96. The van der Waals surface area contributed by atoms with Crippen LogP contribution in [0.25, 0.3) is 10.8 Å². The molecule has 0 heterocycles. The van der Waals surface area contributed by atoms with E-state index in [1.807, 2.05) is 0 Å². The van der Waals surface area contributed by atoms with E-state index in [4.69, 9.17) is 4.74 Å². The Hall–Kier alpha value is -3.78. The number of benzene rings is 4. The van der Waals surface area contributed by atoms with Crippen molar-refractivity contribution in [2.24, 2.45) is 0 Å². The molecular weight excluding hydrogens is 464 g/mol. The summed E-state index contributed by atoms with van der Waals surface area (Å²) in [5, 5.41) is 1.50. The van der Waals surface area contributed by atoms with Crippen molar-refractivity contribution >= 4 is 10.8 Å². The molecule has 0 radical (unpaired) electrons. The molecule has 36 heavy (non-hydrogen) atoms. The molecular formula is C31H26F4O. The molecule has 0 aliphatic heterocycles. The minimum Gasteiger partial charge on any atom is -0.493 e. The van der Waals surface area contributed by atoms with Crippen molar-refractivity contribution in [1.82, 2.24) is 0 Å². The third-order valence-electron chi connectivity index (χ3n) is 5.96. The van der Waals surface area contributed by atoms with Gasteiger partial charge in [0.1, 0.15) is 29.0 Å². The molecule has 0 spiro atoms. The summed E-state index contributed by atoms with van der Waals surface area (Å²) >= 11 is 0. The third-order valence-corrected chi connectivity index (χ3v) is 5.96. The quantitative estimate of drug-likeness (QED) is 0.138. The Bertz CT molecular complexity index is 1410. The lowest BCUT2D eigenvalue weighted by Gasteiger charge is -2.09. The van der Waals surface area contributed by atoms with Gasteiger partial charge in [-0.1, -0.05) is 49.8 Å². The Balaban J connectivity index is 1.43. The van der Waals surface area contributed by atoms with Crippen molar-refractivity contribution in [3.8, 4) is 17.6 Å². The first-order valence-electron chi connectivity index (χ1n) is 12.0. The predicted molar refractivity (Wildman–Crippen MR) is 135 cm³/mol. The van der Waals surface area contributed by atoms with Crippen molar-refractivity contribution in [3.05, 3.63) is 112 Å². The lowest BCUT2D eigenvalue weighted by molar-refractivity contribution is 0.304. The van der Waals surface area contributed by atoms with Crippen LogP contribution in [0.4, 0.5) is 17.6 Å². The zero-order valence-corrected chi connectivity index (χ0v) is 20.0. The van der Waals surface area contributed by atoms with Crippen LogP contribution in [0.2, 0.25) is 0 Å². The number of aryl methyl sites for hydroxylation is 2. The molecule has 0 aliphatic rings. The monoisotopic (exact) mass is 490 g/mol. The number of rotatable bonds is 8. The topological polar surface area (TPSA) is 9.23 Å². The van der Waals surface area contributed by atoms with Crippen LogP contribution in [0.1, 0.15) is 48.4 Å². The summed E-state index contributed by atoms with van der Waals surface area (Å²) in [5.74, 6) is 3.55. The van der Waals surface area contributed by atoms with Crippen molar-refractivity contribution in [3.63, 3.8) is 0 Å². The number of hydrogen-bond donors (Lipinski definition) is 0. The third kappa shape index (κ3) is 6.46. The maximum Gasteiger partial charge on any atom is 0.142 e. The van der Waals surface area contributed by atoms with E-state index in [2.05, 4.69) is 18.8 Å². The van der Waals surface area contributed by atoms with Gasteiger partial charge in [0.25, 0.3) is 0 Å². The smallest absolute Gasteiger partial charge is 0.142 e. The number of halogens is 4. The Morgan fingerprint density at radius 3 is 2.19 bits per heavy atom. The molecule has 5 heteroatoms. The maximum atomic E-state index is 14.7. The van der Waals surface area contributed by atoms with Crippen molar-refractivity contribution in [2.45, 2.75) is 39.0 Å². The van der Waals surface area contributed by atoms with E-state index in [0.717, 1.165) is 24.6 Å². The van der Waals surface area contributed by atoms with Gasteiger partial charge in [0.15, 0.2) is 0 Å². The summed E-state index contributed by atoms with van der Waals surface area (Å²) in [6, 6.07) is 16.7. The molecule has 0 N–H and O–H groups in total. The van der Waals surface area contributed by atoms with Crippen LogP contribution >= 0.6 is 0 Å². The number of fused-ring (bicyclic) bond motifs is 1. The van der Waals surface area contributed by atoms with Gasteiger partial charge < -0.3 is 4.74 Å². The van der Waals surface area contributed by atoms with Crippen LogP contribution in [0.3, 0.4) is 0 Å². The average Bonchev–Trinajstić information content (AvgIpc) is 2.85. The fourth-order valence-electron chi connectivity index (χ4n) is 3.96. The lowest BCUT2D eigenvalue weighted by atomic mass is 10.0. The number of ether oxygens (including phenoxy) is 1. The molecule has 0 unspecified atom stereocenters. The second kappa shape index (κ2) is 11.8. The largest absolute Gasteiger partial charge is 0.493 e. The number of unbranched alkanes of at least 4 members (excludes halogenated alkanes) is 2. The molecule has 1 nitrogen and oxygen atoms in total. The molecule has 0 saturated heterocycles. The van der Waals surface area contributed by atoms with Crippen LogP contribution in [-0.2, 0) is 12.8 Å². The van der Waals surface area contributed by atoms with Crippen LogP contribution in [-0.4, -0.2) is 6.61 Å². The van der Waals surface area contributed by atoms with E-state index in [-0.39, 0.29) is 17.8 Å². The SMILES string of the molecule is CCCCCOc1ccc(CCc2cc(F)c(C#Cc3ccc4cc(F)ccc4c3)c(F)c2)c(F)c1. The van der Waals surface area contributed by atoms with Gasteiger partial charge in [-0.25, -0.2) is 17.6 Å². The Morgan fingerprint density at radius 1 is 0.694 bits per heavy atom. The van der Waals surface area contributed by atoms with E-state index in [0.29, 0.717) is 40.9 Å². The molecule has 4 rings (SSSR count). The summed E-state index contributed by atoms with van der Waals surface area (Å²) in [4.78, 5) is 0. The maximum absolute atomic E-state index is 14.7. The fraction of sp³-hybridized carbons (Fsp3) is 0.226. The van der Waals surface area contributed by atoms with Crippen LogP contribution < -0.4 is 4.74 Å². The van der Waals surface area contributed by atoms with Crippen molar-refractivity contribution < 1.29 is 22.3 Å². The van der Waals surface area contributed by atoms with Crippen molar-refractivity contribution in [1.29, 1.82) is 0 Å². The van der Waals surface area contributed by atoms with E-state index >= 15 is 0 Å². The first-order chi connectivity index (χ1) is 17.4. The minimum absolute atomic E-state index is 0.274. The first-order valence-corrected chi connectivity index (χ1v) is 12.0. The summed E-state index contributed by atoms with van der Waals surface area (Å²) in [7, 11) is 0. The van der Waals surface area contributed by atoms with Gasteiger partial charge in [-0.2, -0.15) is 0 Å². The minimum atomic E-state index is -0.767. The summed E-state index contributed by atoms with van der Waals surface area (Å²) in [6.07, 6.45) is 3.63. The molecule has 4 aromatic carbocycles. The highest BCUT2D eigenvalue weighted by atomic mass is 19.1. The van der Waals surface area contributed by atoms with Crippen LogP contribution in [0, 0.1) is 35.1 Å². The molecule has 4 aromatic rings. The molecule has 0 bridgehead atoms. The molecule has 0 amide bonds. The normalized spacial score (nSPS) is 10.8. The zero-order chi connectivity index (χ0) is 25.5. The number of hydrogen-bond acceptors (Lipinski definition) is 1.